The molecule has 1 aromatic heterocycles. The second kappa shape index (κ2) is 6.63. The molecule has 0 aliphatic heterocycles. The van der Waals surface area contributed by atoms with Crippen molar-refractivity contribution >= 4 is 0 Å². The summed E-state index contributed by atoms with van der Waals surface area (Å²) < 4.78 is 1.90. The van der Waals surface area contributed by atoms with Gasteiger partial charge in [-0.3, -0.25) is 4.68 Å². The Kier molecular flexibility index (Phi) is 6.20. The van der Waals surface area contributed by atoms with Crippen molar-refractivity contribution in [3.63, 3.8) is 0 Å². The Morgan fingerprint density at radius 2 is 1.85 bits per heavy atom. The minimum Gasteiger partial charge on any atom is -0.250 e. The molecule has 1 heterocycles. The Bertz CT molecular complexity index is 192. The van der Waals surface area contributed by atoms with Crippen molar-refractivity contribution in [3.8, 4) is 0 Å². The van der Waals surface area contributed by atoms with Crippen molar-refractivity contribution in [1.82, 2.24) is 14.8 Å². The van der Waals surface area contributed by atoms with Crippen LogP contribution in [0.4, 0.5) is 0 Å². The molecule has 0 aliphatic carbocycles. The molecule has 0 aromatic carbocycles. The van der Waals surface area contributed by atoms with E-state index in [1.165, 1.54) is 0 Å². The second-order valence-corrected chi connectivity index (χ2v) is 3.35. The Morgan fingerprint density at radius 1 is 1.23 bits per heavy atom. The highest BCUT2D eigenvalue weighted by molar-refractivity contribution is 4.65. The van der Waals surface area contributed by atoms with Gasteiger partial charge in [-0.25, -0.2) is 4.98 Å². The summed E-state index contributed by atoms with van der Waals surface area (Å²) >= 11 is 0. The Balaban J connectivity index is 0.000000671. The van der Waals surface area contributed by atoms with Crippen LogP contribution in [-0.4, -0.2) is 14.8 Å². The number of rotatable bonds is 3. The van der Waals surface area contributed by atoms with E-state index in [1.54, 1.807) is 12.7 Å². The third kappa shape index (κ3) is 4.65. The molecule has 0 saturated carbocycles. The van der Waals surface area contributed by atoms with Gasteiger partial charge in [0, 0.05) is 0 Å². The average molecular weight is 183 g/mol. The van der Waals surface area contributed by atoms with Gasteiger partial charge in [-0.2, -0.15) is 5.10 Å². The molecule has 1 aromatic rings. The van der Waals surface area contributed by atoms with Crippen LogP contribution in [-0.2, 0) is 0 Å². The van der Waals surface area contributed by atoms with Crippen molar-refractivity contribution in [2.45, 2.75) is 47.1 Å². The van der Waals surface area contributed by atoms with E-state index < -0.39 is 0 Å². The summed E-state index contributed by atoms with van der Waals surface area (Å²) in [7, 11) is 0. The van der Waals surface area contributed by atoms with Gasteiger partial charge in [0.25, 0.3) is 0 Å². The third-order valence-corrected chi connectivity index (χ3v) is 1.70. The number of hydrogen-bond donors (Lipinski definition) is 0. The maximum Gasteiger partial charge on any atom is 0.137 e. The van der Waals surface area contributed by atoms with Crippen LogP contribution in [0.25, 0.3) is 0 Å². The van der Waals surface area contributed by atoms with E-state index in [2.05, 4.69) is 30.9 Å². The molecule has 0 bridgehead atoms. The van der Waals surface area contributed by atoms with Crippen LogP contribution >= 0.6 is 0 Å². The summed E-state index contributed by atoms with van der Waals surface area (Å²) in [4.78, 5) is 3.90. The first kappa shape index (κ1) is 12.1. The third-order valence-electron chi connectivity index (χ3n) is 1.70. The fraction of sp³-hybridized carbons (Fsp3) is 0.800. The molecule has 3 nitrogen and oxygen atoms in total. The van der Waals surface area contributed by atoms with Crippen LogP contribution in [0.1, 0.15) is 47.1 Å². The van der Waals surface area contributed by atoms with Gasteiger partial charge in [0.05, 0.1) is 6.04 Å². The molecule has 0 N–H and O–H groups in total. The molecule has 3 heteroatoms. The van der Waals surface area contributed by atoms with Crippen LogP contribution in [0.15, 0.2) is 12.7 Å². The molecule has 13 heavy (non-hydrogen) atoms. The van der Waals surface area contributed by atoms with E-state index in [9.17, 15) is 0 Å². The van der Waals surface area contributed by atoms with E-state index >= 15 is 0 Å². The minimum absolute atomic E-state index is 0.470. The van der Waals surface area contributed by atoms with Crippen molar-refractivity contribution in [2.24, 2.45) is 5.92 Å². The topological polar surface area (TPSA) is 30.7 Å². The lowest BCUT2D eigenvalue weighted by Gasteiger charge is -2.12. The summed E-state index contributed by atoms with van der Waals surface area (Å²) in [6.07, 6.45) is 4.51. The predicted octanol–water partition coefficient (Wildman–Crippen LogP) is 2.91. The molecule has 0 fully saturated rings. The Labute approximate surface area is 81.2 Å². The average Bonchev–Trinajstić information content (AvgIpc) is 2.58. The van der Waals surface area contributed by atoms with Crippen molar-refractivity contribution in [1.29, 1.82) is 0 Å². The number of aromatic nitrogens is 3. The lowest BCUT2D eigenvalue weighted by Crippen LogP contribution is -2.08. The van der Waals surface area contributed by atoms with Gasteiger partial charge in [-0.05, 0) is 19.3 Å². The standard InChI is InChI=1S/C8H15N3.C2H6/c1-7(2)4-8(3)11-6-9-5-10-11;1-2/h5-8H,4H2,1-3H3;1-2H3. The van der Waals surface area contributed by atoms with Crippen molar-refractivity contribution < 1.29 is 0 Å². The molecule has 0 amide bonds. The van der Waals surface area contributed by atoms with Gasteiger partial charge >= 0.3 is 0 Å². The largest absolute Gasteiger partial charge is 0.250 e. The van der Waals surface area contributed by atoms with Gasteiger partial charge in [-0.15, -0.1) is 0 Å². The number of nitrogens with zero attached hydrogens (tertiary/aromatic N) is 3. The lowest BCUT2D eigenvalue weighted by atomic mass is 10.1. The fourth-order valence-electron chi connectivity index (χ4n) is 1.24. The highest BCUT2D eigenvalue weighted by Gasteiger charge is 2.06. The highest BCUT2D eigenvalue weighted by atomic mass is 15.3. The maximum atomic E-state index is 4.07. The molecule has 1 atom stereocenters. The quantitative estimate of drug-likeness (QED) is 0.721. The first-order chi connectivity index (χ1) is 6.20. The summed E-state index contributed by atoms with van der Waals surface area (Å²) in [6, 6.07) is 0.470. The molecule has 0 saturated heterocycles. The first-order valence-corrected chi connectivity index (χ1v) is 5.04. The van der Waals surface area contributed by atoms with Gasteiger partial charge in [0.15, 0.2) is 0 Å². The van der Waals surface area contributed by atoms with Gasteiger partial charge in [0.2, 0.25) is 0 Å². The second-order valence-electron chi connectivity index (χ2n) is 3.35. The molecule has 1 unspecified atom stereocenters. The summed E-state index contributed by atoms with van der Waals surface area (Å²) in [5.41, 5.74) is 0. The molecular weight excluding hydrogens is 162 g/mol. The minimum atomic E-state index is 0.470. The van der Waals surface area contributed by atoms with Crippen LogP contribution < -0.4 is 0 Å². The fourth-order valence-corrected chi connectivity index (χ4v) is 1.24. The van der Waals surface area contributed by atoms with Gasteiger partial charge in [-0.1, -0.05) is 27.7 Å². The van der Waals surface area contributed by atoms with Gasteiger partial charge in [0.1, 0.15) is 12.7 Å². The van der Waals surface area contributed by atoms with E-state index in [0.29, 0.717) is 12.0 Å². The molecule has 0 radical (unpaired) electrons. The lowest BCUT2D eigenvalue weighted by molar-refractivity contribution is 0.397. The van der Waals surface area contributed by atoms with E-state index in [4.69, 9.17) is 0 Å². The monoisotopic (exact) mass is 183 g/mol. The molecular formula is C10H21N3. The maximum absolute atomic E-state index is 4.07. The first-order valence-electron chi connectivity index (χ1n) is 5.04. The zero-order valence-corrected chi connectivity index (χ0v) is 9.36. The normalized spacial score (nSPS) is 12.2. The van der Waals surface area contributed by atoms with Crippen molar-refractivity contribution in [3.05, 3.63) is 12.7 Å². The zero-order chi connectivity index (χ0) is 10.3. The summed E-state index contributed by atoms with van der Waals surface area (Å²) in [5, 5.41) is 4.07. The van der Waals surface area contributed by atoms with Crippen LogP contribution in [0.3, 0.4) is 0 Å². The zero-order valence-electron chi connectivity index (χ0n) is 9.36. The molecule has 0 aliphatic rings. The summed E-state index contributed by atoms with van der Waals surface area (Å²) in [5.74, 6) is 0.717. The molecule has 0 spiro atoms. The summed E-state index contributed by atoms with van der Waals surface area (Å²) in [6.45, 7) is 10.6. The highest BCUT2D eigenvalue weighted by Crippen LogP contribution is 2.14. The van der Waals surface area contributed by atoms with E-state index in [-0.39, 0.29) is 0 Å². The smallest absolute Gasteiger partial charge is 0.137 e. The van der Waals surface area contributed by atoms with Crippen LogP contribution in [0, 0.1) is 5.92 Å². The predicted molar refractivity (Wildman–Crippen MR) is 55.5 cm³/mol. The molecule has 1 rings (SSSR count). The Morgan fingerprint density at radius 3 is 2.23 bits per heavy atom. The van der Waals surface area contributed by atoms with E-state index in [0.717, 1.165) is 6.42 Å². The van der Waals surface area contributed by atoms with Crippen LogP contribution in [0.2, 0.25) is 0 Å². The SMILES string of the molecule is CC.CC(C)CC(C)n1cncn1. The molecule has 76 valence electrons. The van der Waals surface area contributed by atoms with Crippen molar-refractivity contribution in [2.75, 3.05) is 0 Å². The van der Waals surface area contributed by atoms with Crippen LogP contribution in [0.5, 0.6) is 0 Å². The van der Waals surface area contributed by atoms with E-state index in [1.807, 2.05) is 18.5 Å². The van der Waals surface area contributed by atoms with Gasteiger partial charge < -0.3 is 0 Å². The Hall–Kier alpha value is -0.860. The number of hydrogen-bond acceptors (Lipinski definition) is 2.